The van der Waals surface area contributed by atoms with Gasteiger partial charge in [-0.05, 0) is 63.6 Å². The lowest BCUT2D eigenvalue weighted by molar-refractivity contribution is 0.414. The molecule has 0 radical (unpaired) electrons. The summed E-state index contributed by atoms with van der Waals surface area (Å²) in [6, 6.07) is 48.5. The van der Waals surface area contributed by atoms with Crippen LogP contribution in [0.1, 0.15) is 31.9 Å². The largest absolute Gasteiger partial charge is 0.456 e. The maximum atomic E-state index is 6.62. The van der Waals surface area contributed by atoms with Crippen LogP contribution in [-0.2, 0) is 5.41 Å². The summed E-state index contributed by atoms with van der Waals surface area (Å²) in [7, 11) is 0. The van der Waals surface area contributed by atoms with E-state index in [-0.39, 0.29) is 5.41 Å². The van der Waals surface area contributed by atoms with Crippen LogP contribution in [0.5, 0.6) is 0 Å². The Balaban J connectivity index is 1.22. The summed E-state index contributed by atoms with van der Waals surface area (Å²) in [5.74, 6) is 2.30. The summed E-state index contributed by atoms with van der Waals surface area (Å²) in [6.07, 6.45) is 0. The lowest BCUT2D eigenvalue weighted by Crippen LogP contribution is -2.27. The Bertz CT molecular complexity index is 2500. The van der Waals surface area contributed by atoms with Gasteiger partial charge in [-0.3, -0.25) is 0 Å². The molecule has 1 atom stereocenters. The Morgan fingerprint density at radius 3 is 1.77 bits per heavy atom. The molecule has 9 rings (SSSR count). The van der Waals surface area contributed by atoms with Crippen molar-refractivity contribution in [2.45, 2.75) is 26.2 Å². The van der Waals surface area contributed by atoms with Gasteiger partial charge in [-0.15, -0.1) is 0 Å². The topological polar surface area (TPSA) is 51.8 Å². The molecule has 8 aromatic rings. The summed E-state index contributed by atoms with van der Waals surface area (Å²) in [6.45, 7) is 7.02. The fourth-order valence-corrected chi connectivity index (χ4v) is 7.44. The molecule has 230 valence electrons. The molecule has 0 spiro atoms. The Labute approximate surface area is 279 Å². The average molecular weight is 620 g/mol. The molecule has 1 unspecified atom stereocenters. The Morgan fingerprint density at radius 2 is 1.04 bits per heavy atom. The second-order valence-electron chi connectivity index (χ2n) is 13.2. The maximum absolute atomic E-state index is 6.62. The van der Waals surface area contributed by atoms with Gasteiger partial charge in [0.1, 0.15) is 11.2 Å². The SMILES string of the molecule is CC(C)C1(C)c2ccccc2-c2cc3oc4cc(-c5nc(-c6ccccc6)nc(-c6ccccc6-c6ccccc6)n5)ccc4c3cc21. The predicted octanol–water partition coefficient (Wildman–Crippen LogP) is 11.4. The van der Waals surface area contributed by atoms with Crippen molar-refractivity contribution in [3.8, 4) is 56.4 Å². The van der Waals surface area contributed by atoms with E-state index in [2.05, 4.69) is 118 Å². The third-order valence-electron chi connectivity index (χ3n) is 10.3. The minimum atomic E-state index is -0.0746. The van der Waals surface area contributed by atoms with Crippen LogP contribution in [0.4, 0.5) is 0 Å². The van der Waals surface area contributed by atoms with Gasteiger partial charge >= 0.3 is 0 Å². The predicted molar refractivity (Wildman–Crippen MR) is 196 cm³/mol. The van der Waals surface area contributed by atoms with Gasteiger partial charge in [0.2, 0.25) is 0 Å². The van der Waals surface area contributed by atoms with E-state index in [1.54, 1.807) is 0 Å². The zero-order chi connectivity index (χ0) is 32.4. The highest BCUT2D eigenvalue weighted by atomic mass is 16.3. The highest BCUT2D eigenvalue weighted by Crippen LogP contribution is 2.54. The maximum Gasteiger partial charge on any atom is 0.164 e. The fraction of sp³-hybridized carbons (Fsp3) is 0.114. The average Bonchev–Trinajstić information content (AvgIpc) is 3.63. The lowest BCUT2D eigenvalue weighted by Gasteiger charge is -2.32. The first-order valence-electron chi connectivity index (χ1n) is 16.6. The van der Waals surface area contributed by atoms with Crippen molar-refractivity contribution in [1.82, 2.24) is 15.0 Å². The molecule has 48 heavy (non-hydrogen) atoms. The standard InChI is InChI=1S/C44H33N3O/c1-27(2)44(3)37-21-13-12-19-32(37)35-26-40-36(25-38(35)44)33-23-22-30(24-39(33)48-40)42-45-41(29-16-8-5-9-17-29)46-43(47-42)34-20-11-10-18-31(34)28-14-6-4-7-15-28/h4-27H,1-3H3. The van der Waals surface area contributed by atoms with Gasteiger partial charge < -0.3 is 4.42 Å². The van der Waals surface area contributed by atoms with Crippen LogP contribution in [0, 0.1) is 5.92 Å². The lowest BCUT2D eigenvalue weighted by atomic mass is 9.71. The number of rotatable bonds is 5. The molecule has 0 amide bonds. The van der Waals surface area contributed by atoms with Gasteiger partial charge in [0, 0.05) is 32.9 Å². The third-order valence-corrected chi connectivity index (χ3v) is 10.3. The summed E-state index contributed by atoms with van der Waals surface area (Å²) in [4.78, 5) is 15.1. The quantitative estimate of drug-likeness (QED) is 0.192. The van der Waals surface area contributed by atoms with E-state index in [1.165, 1.54) is 22.3 Å². The smallest absolute Gasteiger partial charge is 0.164 e. The molecule has 0 N–H and O–H groups in total. The van der Waals surface area contributed by atoms with Gasteiger partial charge in [-0.1, -0.05) is 136 Å². The van der Waals surface area contributed by atoms with E-state index in [9.17, 15) is 0 Å². The molecule has 4 nitrogen and oxygen atoms in total. The van der Waals surface area contributed by atoms with Crippen LogP contribution >= 0.6 is 0 Å². The first kappa shape index (κ1) is 28.4. The molecule has 1 aliphatic rings. The van der Waals surface area contributed by atoms with E-state index >= 15 is 0 Å². The van der Waals surface area contributed by atoms with Crippen molar-refractivity contribution in [3.63, 3.8) is 0 Å². The van der Waals surface area contributed by atoms with Crippen molar-refractivity contribution >= 4 is 21.9 Å². The molecule has 0 bridgehead atoms. The first-order valence-corrected chi connectivity index (χ1v) is 16.6. The van der Waals surface area contributed by atoms with Crippen LogP contribution in [-0.4, -0.2) is 15.0 Å². The number of fused-ring (bicyclic) bond motifs is 6. The second-order valence-corrected chi connectivity index (χ2v) is 13.2. The van der Waals surface area contributed by atoms with E-state index in [4.69, 9.17) is 19.4 Å². The number of nitrogens with zero attached hydrogens (tertiary/aromatic N) is 3. The van der Waals surface area contributed by atoms with Crippen molar-refractivity contribution in [3.05, 3.63) is 151 Å². The van der Waals surface area contributed by atoms with Crippen molar-refractivity contribution in [1.29, 1.82) is 0 Å². The molecular formula is C44H33N3O. The molecule has 4 heteroatoms. The number of hydrogen-bond acceptors (Lipinski definition) is 4. The van der Waals surface area contributed by atoms with Gasteiger partial charge in [0.15, 0.2) is 17.5 Å². The highest BCUT2D eigenvalue weighted by molar-refractivity contribution is 6.08. The van der Waals surface area contributed by atoms with Crippen LogP contribution in [0.3, 0.4) is 0 Å². The summed E-state index contributed by atoms with van der Waals surface area (Å²) in [5.41, 5.74) is 11.9. The van der Waals surface area contributed by atoms with Crippen LogP contribution in [0.15, 0.2) is 144 Å². The first-order chi connectivity index (χ1) is 23.5. The van der Waals surface area contributed by atoms with Crippen LogP contribution in [0.2, 0.25) is 0 Å². The molecule has 1 aliphatic carbocycles. The summed E-state index contributed by atoms with van der Waals surface area (Å²) in [5, 5.41) is 2.22. The van der Waals surface area contributed by atoms with Gasteiger partial charge in [0.05, 0.1) is 0 Å². The molecule has 2 heterocycles. The molecule has 6 aromatic carbocycles. The van der Waals surface area contributed by atoms with Crippen molar-refractivity contribution in [2.24, 2.45) is 5.92 Å². The molecular weight excluding hydrogens is 587 g/mol. The Kier molecular flexibility index (Phi) is 6.41. The molecule has 0 saturated heterocycles. The zero-order valence-corrected chi connectivity index (χ0v) is 27.1. The number of aromatic nitrogens is 3. The molecule has 0 fully saturated rings. The van der Waals surface area contributed by atoms with Crippen molar-refractivity contribution in [2.75, 3.05) is 0 Å². The monoisotopic (exact) mass is 619 g/mol. The van der Waals surface area contributed by atoms with Gasteiger partial charge in [-0.25, -0.2) is 15.0 Å². The Hall–Kier alpha value is -5.87. The van der Waals surface area contributed by atoms with E-state index in [0.29, 0.717) is 23.4 Å². The minimum Gasteiger partial charge on any atom is -0.456 e. The minimum absolute atomic E-state index is 0.0746. The number of hydrogen-bond donors (Lipinski definition) is 0. The fourth-order valence-electron chi connectivity index (χ4n) is 7.44. The van der Waals surface area contributed by atoms with Gasteiger partial charge in [0.25, 0.3) is 0 Å². The molecule has 0 saturated carbocycles. The number of furan rings is 1. The van der Waals surface area contributed by atoms with Crippen LogP contribution in [0.25, 0.3) is 78.4 Å². The summed E-state index contributed by atoms with van der Waals surface area (Å²) < 4.78 is 6.62. The van der Waals surface area contributed by atoms with Gasteiger partial charge in [-0.2, -0.15) is 0 Å². The van der Waals surface area contributed by atoms with E-state index < -0.39 is 0 Å². The third kappa shape index (κ3) is 4.33. The molecule has 0 aliphatic heterocycles. The highest BCUT2D eigenvalue weighted by Gasteiger charge is 2.42. The molecule has 2 aromatic heterocycles. The van der Waals surface area contributed by atoms with Crippen molar-refractivity contribution < 1.29 is 4.42 Å². The normalized spacial score (nSPS) is 15.2. The second kappa shape index (κ2) is 10.9. The zero-order valence-electron chi connectivity index (χ0n) is 27.1. The number of benzene rings is 6. The van der Waals surface area contributed by atoms with E-state index in [1.807, 2.05) is 42.5 Å². The van der Waals surface area contributed by atoms with Crippen LogP contribution < -0.4 is 0 Å². The van der Waals surface area contributed by atoms with E-state index in [0.717, 1.165) is 49.8 Å². The summed E-state index contributed by atoms with van der Waals surface area (Å²) >= 11 is 0. The Morgan fingerprint density at radius 1 is 0.458 bits per heavy atom.